The van der Waals surface area contributed by atoms with Crippen LogP contribution in [0.1, 0.15) is 24.8 Å². The van der Waals surface area contributed by atoms with Gasteiger partial charge in [-0.3, -0.25) is 0 Å². The second-order valence-corrected chi connectivity index (χ2v) is 5.95. The van der Waals surface area contributed by atoms with Crippen molar-refractivity contribution in [3.05, 3.63) is 47.0 Å². The maximum atomic E-state index is 12.0. The minimum Gasteiger partial charge on any atom is -0.471 e. The molecule has 22 heavy (non-hydrogen) atoms. The Hall–Kier alpha value is -1.81. The van der Waals surface area contributed by atoms with E-state index in [0.717, 1.165) is 24.8 Å². The molecule has 0 bridgehead atoms. The van der Waals surface area contributed by atoms with Gasteiger partial charge in [-0.25, -0.2) is 9.79 Å². The maximum Gasteiger partial charge on any atom is 0.334 e. The van der Waals surface area contributed by atoms with Gasteiger partial charge >= 0.3 is 5.97 Å². The highest BCUT2D eigenvalue weighted by Gasteiger charge is 2.41. The van der Waals surface area contributed by atoms with Crippen molar-refractivity contribution in [1.82, 2.24) is 0 Å². The molecule has 0 N–H and O–H groups in total. The van der Waals surface area contributed by atoms with Crippen LogP contribution < -0.4 is 0 Å². The third-order valence-corrected chi connectivity index (χ3v) is 4.31. The number of allylic oxidation sites excluding steroid dienone is 1. The van der Waals surface area contributed by atoms with Gasteiger partial charge in [-0.15, -0.1) is 0 Å². The summed E-state index contributed by atoms with van der Waals surface area (Å²) in [7, 11) is 1.38. The van der Waals surface area contributed by atoms with Crippen molar-refractivity contribution >= 4 is 23.5 Å². The van der Waals surface area contributed by atoms with Gasteiger partial charge in [-0.1, -0.05) is 23.8 Å². The smallest absolute Gasteiger partial charge is 0.334 e. The Labute approximate surface area is 134 Å². The highest BCUT2D eigenvalue weighted by Crippen LogP contribution is 2.31. The number of halogens is 1. The van der Waals surface area contributed by atoms with Crippen molar-refractivity contribution in [1.29, 1.82) is 0 Å². The van der Waals surface area contributed by atoms with E-state index in [2.05, 4.69) is 17.1 Å². The minimum absolute atomic E-state index is 0.186. The fourth-order valence-corrected chi connectivity index (χ4v) is 3.03. The van der Waals surface area contributed by atoms with Crippen LogP contribution in [-0.2, 0) is 14.3 Å². The Kier molecular flexibility index (Phi) is 4.48. The number of hydrogen-bond donors (Lipinski definition) is 0. The van der Waals surface area contributed by atoms with Crippen molar-refractivity contribution < 1.29 is 14.3 Å². The molecule has 1 aromatic rings. The Morgan fingerprint density at radius 3 is 2.77 bits per heavy atom. The van der Waals surface area contributed by atoms with E-state index in [4.69, 9.17) is 21.1 Å². The zero-order valence-electron chi connectivity index (χ0n) is 12.4. The van der Waals surface area contributed by atoms with Crippen LogP contribution in [0.4, 0.5) is 0 Å². The van der Waals surface area contributed by atoms with Crippen LogP contribution >= 0.6 is 11.6 Å². The van der Waals surface area contributed by atoms with E-state index in [9.17, 15) is 4.79 Å². The summed E-state index contributed by atoms with van der Waals surface area (Å²) in [5.41, 5.74) is 0.820. The number of methoxy groups -OCH3 is 1. The molecular formula is C17H18ClNO3. The molecule has 1 aliphatic carbocycles. The van der Waals surface area contributed by atoms with Gasteiger partial charge in [0, 0.05) is 16.5 Å². The molecule has 0 saturated carbocycles. The number of nitrogens with zero attached hydrogens (tertiary/aromatic N) is 1. The molecule has 1 heterocycles. The molecule has 0 saturated heterocycles. The summed E-state index contributed by atoms with van der Waals surface area (Å²) in [5, 5.41) is 0.652. The van der Waals surface area contributed by atoms with E-state index >= 15 is 0 Å². The fraction of sp³-hybridized carbons (Fsp3) is 0.412. The number of carbonyl (C=O) groups excluding carboxylic acids is 1. The van der Waals surface area contributed by atoms with E-state index < -0.39 is 6.04 Å². The second kappa shape index (κ2) is 6.53. The van der Waals surface area contributed by atoms with Crippen LogP contribution in [-0.4, -0.2) is 31.1 Å². The normalized spacial score (nSPS) is 27.2. The molecule has 3 rings (SSSR count). The van der Waals surface area contributed by atoms with Crippen LogP contribution in [0, 0.1) is 5.92 Å². The zero-order valence-corrected chi connectivity index (χ0v) is 13.1. The second-order valence-electron chi connectivity index (χ2n) is 5.51. The molecule has 0 radical (unpaired) electrons. The molecule has 0 fully saturated rings. The average Bonchev–Trinajstić information content (AvgIpc) is 3.01. The standard InChI is InChI=1S/C17H18ClNO3/c1-21-17(20)14-15(11-5-3-2-4-6-11)22-16(19-14)12-7-9-13(18)10-8-12/h3,5,7-11,14-15H,2,4,6H2,1H3/t11-,14+,15+/m1/s1. The first-order valence-corrected chi connectivity index (χ1v) is 7.81. The molecule has 4 nitrogen and oxygen atoms in total. The Morgan fingerprint density at radius 2 is 2.14 bits per heavy atom. The molecule has 1 aromatic carbocycles. The fourth-order valence-electron chi connectivity index (χ4n) is 2.90. The number of aliphatic imine (C=N–C) groups is 1. The molecular weight excluding hydrogens is 302 g/mol. The number of rotatable bonds is 3. The Balaban J connectivity index is 1.86. The van der Waals surface area contributed by atoms with E-state index in [-0.39, 0.29) is 18.0 Å². The number of hydrogen-bond acceptors (Lipinski definition) is 4. The lowest BCUT2D eigenvalue weighted by Crippen LogP contribution is -2.37. The van der Waals surface area contributed by atoms with Crippen molar-refractivity contribution in [2.24, 2.45) is 10.9 Å². The van der Waals surface area contributed by atoms with Gasteiger partial charge in [0.15, 0.2) is 6.04 Å². The van der Waals surface area contributed by atoms with Gasteiger partial charge in [0.2, 0.25) is 5.90 Å². The number of ether oxygens (including phenoxy) is 2. The van der Waals surface area contributed by atoms with Gasteiger partial charge < -0.3 is 9.47 Å². The highest BCUT2D eigenvalue weighted by molar-refractivity contribution is 6.30. The van der Waals surface area contributed by atoms with E-state index in [0.29, 0.717) is 10.9 Å². The molecule has 3 atom stereocenters. The highest BCUT2D eigenvalue weighted by atomic mass is 35.5. The molecule has 5 heteroatoms. The summed E-state index contributed by atoms with van der Waals surface area (Å²) >= 11 is 5.91. The van der Waals surface area contributed by atoms with Crippen LogP contribution in [0.5, 0.6) is 0 Å². The van der Waals surface area contributed by atoms with Gasteiger partial charge in [-0.2, -0.15) is 0 Å². The van der Waals surface area contributed by atoms with Gasteiger partial charge in [-0.05, 0) is 43.5 Å². The molecule has 2 aliphatic rings. The molecule has 0 aromatic heterocycles. The first-order chi connectivity index (χ1) is 10.7. The maximum absolute atomic E-state index is 12.0. The third kappa shape index (κ3) is 3.02. The van der Waals surface area contributed by atoms with Gasteiger partial charge in [0.25, 0.3) is 0 Å². The van der Waals surface area contributed by atoms with Crippen LogP contribution in [0.15, 0.2) is 41.4 Å². The topological polar surface area (TPSA) is 47.9 Å². The van der Waals surface area contributed by atoms with Crippen LogP contribution in [0.3, 0.4) is 0 Å². The van der Waals surface area contributed by atoms with Crippen molar-refractivity contribution in [2.75, 3.05) is 7.11 Å². The summed E-state index contributed by atoms with van der Waals surface area (Å²) < 4.78 is 10.9. The summed E-state index contributed by atoms with van der Waals surface area (Å²) in [6.45, 7) is 0. The minimum atomic E-state index is -0.608. The van der Waals surface area contributed by atoms with Crippen LogP contribution in [0.25, 0.3) is 0 Å². The largest absolute Gasteiger partial charge is 0.471 e. The molecule has 0 spiro atoms. The monoisotopic (exact) mass is 319 g/mol. The van der Waals surface area contributed by atoms with E-state index in [1.54, 1.807) is 12.1 Å². The molecule has 0 amide bonds. The summed E-state index contributed by atoms with van der Waals surface area (Å²) in [6.07, 6.45) is 7.16. The van der Waals surface area contributed by atoms with E-state index in [1.165, 1.54) is 7.11 Å². The summed E-state index contributed by atoms with van der Waals surface area (Å²) in [6, 6.07) is 6.64. The van der Waals surface area contributed by atoms with Crippen molar-refractivity contribution in [3.63, 3.8) is 0 Å². The summed E-state index contributed by atoms with van der Waals surface area (Å²) in [5.74, 6) is 0.315. The number of carbonyl (C=O) groups is 1. The lowest BCUT2D eigenvalue weighted by atomic mass is 9.88. The Morgan fingerprint density at radius 1 is 1.36 bits per heavy atom. The molecule has 1 aliphatic heterocycles. The van der Waals surface area contributed by atoms with Gasteiger partial charge in [0.1, 0.15) is 6.10 Å². The molecule has 0 unspecified atom stereocenters. The zero-order chi connectivity index (χ0) is 15.5. The van der Waals surface area contributed by atoms with Crippen molar-refractivity contribution in [2.45, 2.75) is 31.4 Å². The lowest BCUT2D eigenvalue weighted by Gasteiger charge is -2.25. The van der Waals surface area contributed by atoms with Crippen molar-refractivity contribution in [3.8, 4) is 0 Å². The lowest BCUT2D eigenvalue weighted by molar-refractivity contribution is -0.144. The average molecular weight is 320 g/mol. The predicted molar refractivity (Wildman–Crippen MR) is 85.1 cm³/mol. The first-order valence-electron chi connectivity index (χ1n) is 7.44. The quantitative estimate of drug-likeness (QED) is 0.634. The summed E-state index contributed by atoms with van der Waals surface area (Å²) in [4.78, 5) is 16.5. The Bertz CT molecular complexity index is 609. The SMILES string of the molecule is COC(=O)[C@H]1N=C(c2ccc(Cl)cc2)O[C@H]1[C@@H]1C=CCCC1. The van der Waals surface area contributed by atoms with Gasteiger partial charge in [0.05, 0.1) is 7.11 Å². The van der Waals surface area contributed by atoms with Crippen LogP contribution in [0.2, 0.25) is 5.02 Å². The molecule has 116 valence electrons. The third-order valence-electron chi connectivity index (χ3n) is 4.06. The number of benzene rings is 1. The first kappa shape index (κ1) is 15.1. The number of esters is 1. The van der Waals surface area contributed by atoms with E-state index in [1.807, 2.05) is 12.1 Å². The predicted octanol–water partition coefficient (Wildman–Crippen LogP) is 3.38.